The number of halogens is 2. The molecule has 2 rings (SSSR count). The van der Waals surface area contributed by atoms with Gasteiger partial charge in [-0.3, -0.25) is 4.68 Å². The molecule has 96 valence electrons. The molecule has 0 aliphatic heterocycles. The number of nitrogens with zero attached hydrogens (tertiary/aromatic N) is 2. The highest BCUT2D eigenvalue weighted by atomic mass is 35.5. The Morgan fingerprint density at radius 2 is 2.11 bits per heavy atom. The minimum Gasteiger partial charge on any atom is -0.388 e. The van der Waals surface area contributed by atoms with Gasteiger partial charge in [-0.25, -0.2) is 0 Å². The van der Waals surface area contributed by atoms with Crippen molar-refractivity contribution in [2.24, 2.45) is 7.05 Å². The summed E-state index contributed by atoms with van der Waals surface area (Å²) in [6.45, 7) is 1.92. The third-order valence-corrected chi connectivity index (χ3v) is 3.66. The molecular formula is C13H14Cl2N2O. The lowest BCUT2D eigenvalue weighted by atomic mass is 10.0. The van der Waals surface area contributed by atoms with Gasteiger partial charge < -0.3 is 5.11 Å². The predicted molar refractivity (Wildman–Crippen MR) is 73.1 cm³/mol. The topological polar surface area (TPSA) is 38.1 Å². The maximum atomic E-state index is 10.2. The van der Waals surface area contributed by atoms with Crippen molar-refractivity contribution in [1.82, 2.24) is 9.78 Å². The highest BCUT2D eigenvalue weighted by molar-refractivity contribution is 6.33. The number of aromatic nitrogens is 2. The van der Waals surface area contributed by atoms with Crippen LogP contribution in [0.15, 0.2) is 24.4 Å². The second kappa shape index (κ2) is 5.31. The molecule has 0 spiro atoms. The lowest BCUT2D eigenvalue weighted by Crippen LogP contribution is -2.04. The monoisotopic (exact) mass is 284 g/mol. The van der Waals surface area contributed by atoms with Crippen molar-refractivity contribution < 1.29 is 5.11 Å². The molecule has 1 aromatic heterocycles. The Hall–Kier alpha value is -1.03. The van der Waals surface area contributed by atoms with Gasteiger partial charge in [0, 0.05) is 34.8 Å². The van der Waals surface area contributed by atoms with E-state index in [0.29, 0.717) is 16.5 Å². The van der Waals surface area contributed by atoms with Crippen LogP contribution >= 0.6 is 23.2 Å². The average molecular weight is 285 g/mol. The van der Waals surface area contributed by atoms with E-state index in [4.69, 9.17) is 23.2 Å². The number of benzene rings is 1. The van der Waals surface area contributed by atoms with Gasteiger partial charge >= 0.3 is 0 Å². The molecular weight excluding hydrogens is 271 g/mol. The summed E-state index contributed by atoms with van der Waals surface area (Å²) in [6, 6.07) is 5.25. The van der Waals surface area contributed by atoms with Crippen molar-refractivity contribution in [3.05, 3.63) is 51.3 Å². The summed E-state index contributed by atoms with van der Waals surface area (Å²) < 4.78 is 1.73. The third kappa shape index (κ3) is 2.69. The molecule has 5 heteroatoms. The SMILES string of the molecule is Cc1c(C(O)Cc2cc(Cl)ccc2Cl)cnn1C. The quantitative estimate of drug-likeness (QED) is 0.939. The fraction of sp³-hybridized carbons (Fsp3) is 0.308. The highest BCUT2D eigenvalue weighted by Gasteiger charge is 2.16. The smallest absolute Gasteiger partial charge is 0.0864 e. The van der Waals surface area contributed by atoms with Gasteiger partial charge in [-0.2, -0.15) is 5.10 Å². The van der Waals surface area contributed by atoms with Crippen molar-refractivity contribution in [2.75, 3.05) is 0 Å². The van der Waals surface area contributed by atoms with Gasteiger partial charge in [-0.1, -0.05) is 23.2 Å². The number of rotatable bonds is 3. The maximum Gasteiger partial charge on any atom is 0.0864 e. The van der Waals surface area contributed by atoms with E-state index in [0.717, 1.165) is 16.8 Å². The number of aryl methyl sites for hydroxylation is 1. The molecule has 0 amide bonds. The van der Waals surface area contributed by atoms with E-state index in [2.05, 4.69) is 5.10 Å². The van der Waals surface area contributed by atoms with E-state index in [-0.39, 0.29) is 0 Å². The Morgan fingerprint density at radius 1 is 1.39 bits per heavy atom. The zero-order valence-corrected chi connectivity index (χ0v) is 11.7. The Bertz CT molecular complexity index is 566. The van der Waals surface area contributed by atoms with Crippen LogP contribution in [0.1, 0.15) is 22.9 Å². The molecule has 1 aromatic carbocycles. The third-order valence-electron chi connectivity index (χ3n) is 3.05. The molecule has 1 unspecified atom stereocenters. The molecule has 1 N–H and O–H groups in total. The summed E-state index contributed by atoms with van der Waals surface area (Å²) in [5.41, 5.74) is 2.59. The molecule has 2 aromatic rings. The van der Waals surface area contributed by atoms with Crippen LogP contribution in [0.5, 0.6) is 0 Å². The highest BCUT2D eigenvalue weighted by Crippen LogP contribution is 2.27. The van der Waals surface area contributed by atoms with Gasteiger partial charge in [-0.05, 0) is 30.7 Å². The zero-order valence-electron chi connectivity index (χ0n) is 10.2. The summed E-state index contributed by atoms with van der Waals surface area (Å²) in [4.78, 5) is 0. The number of aliphatic hydroxyl groups is 1. The van der Waals surface area contributed by atoms with E-state index in [1.165, 1.54) is 0 Å². The summed E-state index contributed by atoms with van der Waals surface area (Å²) in [5.74, 6) is 0. The van der Waals surface area contributed by atoms with Crippen LogP contribution in [0.3, 0.4) is 0 Å². The van der Waals surface area contributed by atoms with Crippen LogP contribution in [0, 0.1) is 6.92 Å². The normalized spacial score (nSPS) is 12.7. The second-order valence-electron chi connectivity index (χ2n) is 4.26. The van der Waals surface area contributed by atoms with Crippen molar-refractivity contribution in [1.29, 1.82) is 0 Å². The number of hydrogen-bond donors (Lipinski definition) is 1. The first-order chi connectivity index (χ1) is 8.49. The van der Waals surface area contributed by atoms with Gasteiger partial charge in [0.05, 0.1) is 12.3 Å². The second-order valence-corrected chi connectivity index (χ2v) is 5.11. The fourth-order valence-corrected chi connectivity index (χ4v) is 2.25. The van der Waals surface area contributed by atoms with Crippen molar-refractivity contribution >= 4 is 23.2 Å². The van der Waals surface area contributed by atoms with Gasteiger partial charge in [-0.15, -0.1) is 0 Å². The van der Waals surface area contributed by atoms with Crippen LogP contribution in [0.25, 0.3) is 0 Å². The first-order valence-corrected chi connectivity index (χ1v) is 6.35. The molecule has 1 heterocycles. The summed E-state index contributed by atoms with van der Waals surface area (Å²) in [6.07, 6.45) is 1.47. The average Bonchev–Trinajstić information content (AvgIpc) is 2.65. The van der Waals surface area contributed by atoms with Crippen LogP contribution < -0.4 is 0 Å². The van der Waals surface area contributed by atoms with Gasteiger partial charge in [0.15, 0.2) is 0 Å². The van der Waals surface area contributed by atoms with Crippen LogP contribution in [-0.2, 0) is 13.5 Å². The molecule has 0 bridgehead atoms. The summed E-state index contributed by atoms with van der Waals surface area (Å²) >= 11 is 12.0. The number of hydrogen-bond acceptors (Lipinski definition) is 2. The zero-order chi connectivity index (χ0) is 13.3. The predicted octanol–water partition coefficient (Wildman–Crippen LogP) is 3.31. The first-order valence-electron chi connectivity index (χ1n) is 5.59. The standard InChI is InChI=1S/C13H14Cl2N2O/c1-8-11(7-16-17(8)2)13(18)6-9-5-10(14)3-4-12(9)15/h3-5,7,13,18H,6H2,1-2H3. The lowest BCUT2D eigenvalue weighted by Gasteiger charge is -2.12. The van der Waals surface area contributed by atoms with Crippen LogP contribution in [-0.4, -0.2) is 14.9 Å². The lowest BCUT2D eigenvalue weighted by molar-refractivity contribution is 0.177. The van der Waals surface area contributed by atoms with E-state index < -0.39 is 6.10 Å². The molecule has 18 heavy (non-hydrogen) atoms. The fourth-order valence-electron chi connectivity index (χ4n) is 1.86. The van der Waals surface area contributed by atoms with E-state index in [1.54, 1.807) is 29.1 Å². The summed E-state index contributed by atoms with van der Waals surface area (Å²) in [5, 5.41) is 15.6. The Balaban J connectivity index is 2.23. The Labute approximate surface area is 116 Å². The number of aliphatic hydroxyl groups excluding tert-OH is 1. The largest absolute Gasteiger partial charge is 0.388 e. The molecule has 1 atom stereocenters. The first kappa shape index (κ1) is 13.4. The molecule has 3 nitrogen and oxygen atoms in total. The van der Waals surface area contributed by atoms with Crippen molar-refractivity contribution in [3.63, 3.8) is 0 Å². The molecule has 0 aliphatic carbocycles. The van der Waals surface area contributed by atoms with Gasteiger partial charge in [0.25, 0.3) is 0 Å². The van der Waals surface area contributed by atoms with E-state index in [9.17, 15) is 5.11 Å². The van der Waals surface area contributed by atoms with Gasteiger partial charge in [0.1, 0.15) is 0 Å². The van der Waals surface area contributed by atoms with Crippen LogP contribution in [0.2, 0.25) is 10.0 Å². The van der Waals surface area contributed by atoms with Crippen LogP contribution in [0.4, 0.5) is 0 Å². The van der Waals surface area contributed by atoms with Gasteiger partial charge in [0.2, 0.25) is 0 Å². The van der Waals surface area contributed by atoms with E-state index in [1.807, 2.05) is 14.0 Å². The molecule has 0 saturated heterocycles. The molecule has 0 saturated carbocycles. The Kier molecular flexibility index (Phi) is 3.95. The summed E-state index contributed by atoms with van der Waals surface area (Å²) in [7, 11) is 1.85. The maximum absolute atomic E-state index is 10.2. The minimum atomic E-state index is -0.630. The minimum absolute atomic E-state index is 0.423. The van der Waals surface area contributed by atoms with Crippen molar-refractivity contribution in [2.45, 2.75) is 19.4 Å². The van der Waals surface area contributed by atoms with E-state index >= 15 is 0 Å². The molecule has 0 radical (unpaired) electrons. The molecule has 0 fully saturated rings. The molecule has 0 aliphatic rings. The van der Waals surface area contributed by atoms with Crippen molar-refractivity contribution in [3.8, 4) is 0 Å². The Morgan fingerprint density at radius 3 is 2.72 bits per heavy atom.